The van der Waals surface area contributed by atoms with Gasteiger partial charge in [0, 0.05) is 10.9 Å². The summed E-state index contributed by atoms with van der Waals surface area (Å²) in [4.78, 5) is 16.5. The highest BCUT2D eigenvalue weighted by atomic mass is 19.1. The Morgan fingerprint density at radius 1 is 1.00 bits per heavy atom. The molecular weight excluding hydrogens is 273 g/mol. The smallest absolute Gasteiger partial charge is 0.211 e. The predicted octanol–water partition coefficient (Wildman–Crippen LogP) is 3.02. The molecule has 0 spiro atoms. The summed E-state index contributed by atoms with van der Waals surface area (Å²) >= 11 is 0. The van der Waals surface area contributed by atoms with Crippen LogP contribution in [0.1, 0.15) is 16.1 Å². The zero-order valence-electron chi connectivity index (χ0n) is 10.7. The number of nitrogens with zero attached hydrogens (tertiary/aromatic N) is 1. The molecule has 4 nitrogen and oxygen atoms in total. The fourth-order valence-corrected chi connectivity index (χ4v) is 2.04. The highest BCUT2D eigenvalue weighted by Crippen LogP contribution is 2.21. The summed E-state index contributed by atoms with van der Waals surface area (Å²) in [7, 11) is 0. The first-order valence-corrected chi connectivity index (χ1v) is 6.17. The van der Waals surface area contributed by atoms with Gasteiger partial charge in [-0.3, -0.25) is 4.79 Å². The van der Waals surface area contributed by atoms with Gasteiger partial charge in [-0.25, -0.2) is 9.37 Å². The molecule has 0 saturated heterocycles. The number of fused-ring (bicyclic) bond motifs is 1. The van der Waals surface area contributed by atoms with Crippen molar-refractivity contribution in [1.29, 1.82) is 0 Å². The average Bonchev–Trinajstić information content (AvgIpc) is 2.49. The largest absolute Gasteiger partial charge is 0.508 e. The molecular formula is C16H10FNO3. The maximum Gasteiger partial charge on any atom is 0.211 e. The van der Waals surface area contributed by atoms with E-state index in [1.54, 1.807) is 18.2 Å². The van der Waals surface area contributed by atoms with Gasteiger partial charge in [0.1, 0.15) is 11.4 Å². The van der Waals surface area contributed by atoms with Crippen LogP contribution in [0.3, 0.4) is 0 Å². The van der Waals surface area contributed by atoms with E-state index >= 15 is 0 Å². The Morgan fingerprint density at radius 2 is 1.81 bits per heavy atom. The second-order valence-electron chi connectivity index (χ2n) is 4.57. The van der Waals surface area contributed by atoms with E-state index < -0.39 is 17.3 Å². The molecule has 3 rings (SSSR count). The van der Waals surface area contributed by atoms with E-state index in [2.05, 4.69) is 4.98 Å². The Labute approximate surface area is 119 Å². The van der Waals surface area contributed by atoms with Crippen LogP contribution in [-0.2, 0) is 0 Å². The summed E-state index contributed by atoms with van der Waals surface area (Å²) in [6.45, 7) is 0. The van der Waals surface area contributed by atoms with E-state index in [1.807, 2.05) is 0 Å². The monoisotopic (exact) mass is 283 g/mol. The summed E-state index contributed by atoms with van der Waals surface area (Å²) < 4.78 is 13.0. The zero-order valence-corrected chi connectivity index (χ0v) is 10.7. The number of aromatic hydroxyl groups is 2. The van der Waals surface area contributed by atoms with Crippen LogP contribution in [0.2, 0.25) is 0 Å². The van der Waals surface area contributed by atoms with Crippen molar-refractivity contribution in [3.8, 4) is 11.5 Å². The molecule has 21 heavy (non-hydrogen) atoms. The molecule has 0 fully saturated rings. The van der Waals surface area contributed by atoms with Gasteiger partial charge in [-0.1, -0.05) is 6.07 Å². The number of carbonyl (C=O) groups is 1. The maximum absolute atomic E-state index is 13.0. The first kappa shape index (κ1) is 13.1. The summed E-state index contributed by atoms with van der Waals surface area (Å²) in [5.41, 5.74) is 0.892. The van der Waals surface area contributed by atoms with E-state index in [-0.39, 0.29) is 17.0 Å². The number of hydrogen-bond acceptors (Lipinski definition) is 4. The van der Waals surface area contributed by atoms with Crippen LogP contribution in [0.5, 0.6) is 11.5 Å². The van der Waals surface area contributed by atoms with Crippen LogP contribution in [0.15, 0.2) is 48.5 Å². The molecule has 5 heteroatoms. The van der Waals surface area contributed by atoms with Gasteiger partial charge in [0.05, 0.1) is 5.52 Å². The van der Waals surface area contributed by atoms with Crippen LogP contribution in [0.4, 0.5) is 4.39 Å². The lowest BCUT2D eigenvalue weighted by Crippen LogP contribution is -2.04. The van der Waals surface area contributed by atoms with Crippen LogP contribution >= 0.6 is 0 Å². The molecule has 0 atom stereocenters. The third-order valence-corrected chi connectivity index (χ3v) is 3.11. The lowest BCUT2D eigenvalue weighted by atomic mass is 10.1. The van der Waals surface area contributed by atoms with Crippen molar-refractivity contribution in [2.24, 2.45) is 0 Å². The van der Waals surface area contributed by atoms with Crippen molar-refractivity contribution in [3.63, 3.8) is 0 Å². The van der Waals surface area contributed by atoms with Crippen molar-refractivity contribution in [2.45, 2.75) is 0 Å². The first-order chi connectivity index (χ1) is 10.0. The summed E-state index contributed by atoms with van der Waals surface area (Å²) in [6.07, 6.45) is 0. The van der Waals surface area contributed by atoms with E-state index in [9.17, 15) is 19.4 Å². The molecule has 0 amide bonds. The molecule has 0 saturated carbocycles. The molecule has 2 N–H and O–H groups in total. The quantitative estimate of drug-likeness (QED) is 0.709. The van der Waals surface area contributed by atoms with Gasteiger partial charge in [-0.05, 0) is 42.5 Å². The topological polar surface area (TPSA) is 70.4 Å². The third kappa shape index (κ3) is 2.41. The Balaban J connectivity index is 2.04. The number of benzene rings is 2. The Kier molecular flexibility index (Phi) is 3.02. The van der Waals surface area contributed by atoms with E-state index in [4.69, 9.17) is 0 Å². The van der Waals surface area contributed by atoms with E-state index in [0.717, 1.165) is 12.1 Å². The Bertz CT molecular complexity index is 861. The fraction of sp³-hybridized carbons (Fsp3) is 0. The molecule has 0 aliphatic rings. The Morgan fingerprint density at radius 3 is 2.57 bits per heavy atom. The molecule has 0 aliphatic carbocycles. The van der Waals surface area contributed by atoms with Gasteiger partial charge in [-0.2, -0.15) is 0 Å². The van der Waals surface area contributed by atoms with Gasteiger partial charge in [-0.15, -0.1) is 0 Å². The minimum atomic E-state index is -0.784. The summed E-state index contributed by atoms with van der Waals surface area (Å²) in [5.74, 6) is -1.66. The number of phenols is 2. The SMILES string of the molecule is O=C(c1ccc(F)c(O)c1)c1ccc2cc(O)ccc2n1. The van der Waals surface area contributed by atoms with Gasteiger partial charge >= 0.3 is 0 Å². The second-order valence-corrected chi connectivity index (χ2v) is 4.57. The van der Waals surface area contributed by atoms with E-state index in [0.29, 0.717) is 10.9 Å². The minimum Gasteiger partial charge on any atom is -0.508 e. The van der Waals surface area contributed by atoms with Crippen molar-refractivity contribution >= 4 is 16.7 Å². The van der Waals surface area contributed by atoms with Crippen molar-refractivity contribution in [2.75, 3.05) is 0 Å². The molecule has 2 aromatic carbocycles. The number of aromatic nitrogens is 1. The predicted molar refractivity (Wildman–Crippen MR) is 74.9 cm³/mol. The highest BCUT2D eigenvalue weighted by molar-refractivity contribution is 6.08. The Hall–Kier alpha value is -2.95. The number of hydrogen-bond donors (Lipinski definition) is 2. The van der Waals surface area contributed by atoms with Gasteiger partial charge in [0.2, 0.25) is 5.78 Å². The van der Waals surface area contributed by atoms with Crippen molar-refractivity contribution in [1.82, 2.24) is 4.98 Å². The van der Waals surface area contributed by atoms with Crippen LogP contribution < -0.4 is 0 Å². The molecule has 0 bridgehead atoms. The number of halogens is 1. The van der Waals surface area contributed by atoms with Crippen molar-refractivity contribution < 1.29 is 19.4 Å². The molecule has 0 aliphatic heterocycles. The van der Waals surface area contributed by atoms with Crippen molar-refractivity contribution in [3.05, 3.63) is 65.6 Å². The van der Waals surface area contributed by atoms with Crippen LogP contribution in [0, 0.1) is 5.82 Å². The lowest BCUT2D eigenvalue weighted by molar-refractivity contribution is 0.103. The maximum atomic E-state index is 13.0. The molecule has 1 aromatic heterocycles. The zero-order chi connectivity index (χ0) is 15.0. The molecule has 0 unspecified atom stereocenters. The van der Waals surface area contributed by atoms with Crippen LogP contribution in [0.25, 0.3) is 10.9 Å². The number of phenolic OH excluding ortho intramolecular Hbond substituents is 2. The number of pyridine rings is 1. The van der Waals surface area contributed by atoms with Gasteiger partial charge in [0.25, 0.3) is 0 Å². The third-order valence-electron chi connectivity index (χ3n) is 3.11. The first-order valence-electron chi connectivity index (χ1n) is 6.17. The summed E-state index contributed by atoms with van der Waals surface area (Å²) in [5, 5.41) is 19.4. The summed E-state index contributed by atoms with van der Waals surface area (Å²) in [6, 6.07) is 11.2. The standard InChI is InChI=1S/C16H10FNO3/c17-12-4-1-10(8-15(12)20)16(21)14-5-2-9-7-11(19)3-6-13(9)18-14/h1-8,19-20H. The lowest BCUT2D eigenvalue weighted by Gasteiger charge is -2.04. The minimum absolute atomic E-state index is 0.117. The fourth-order valence-electron chi connectivity index (χ4n) is 2.04. The van der Waals surface area contributed by atoms with Gasteiger partial charge < -0.3 is 10.2 Å². The van der Waals surface area contributed by atoms with Gasteiger partial charge in [0.15, 0.2) is 11.6 Å². The number of ketones is 1. The normalized spacial score (nSPS) is 10.7. The molecule has 1 heterocycles. The average molecular weight is 283 g/mol. The number of carbonyl (C=O) groups excluding carboxylic acids is 1. The van der Waals surface area contributed by atoms with E-state index in [1.165, 1.54) is 18.2 Å². The highest BCUT2D eigenvalue weighted by Gasteiger charge is 2.13. The molecule has 0 radical (unpaired) electrons. The molecule has 104 valence electrons. The van der Waals surface area contributed by atoms with Crippen LogP contribution in [-0.4, -0.2) is 21.0 Å². The number of rotatable bonds is 2. The second kappa shape index (κ2) is 4.86. The molecule has 3 aromatic rings.